The van der Waals surface area contributed by atoms with Crippen LogP contribution in [-0.4, -0.2) is 36.5 Å². The van der Waals surface area contributed by atoms with Gasteiger partial charge in [0.1, 0.15) is 0 Å². The van der Waals surface area contributed by atoms with Crippen molar-refractivity contribution < 1.29 is 9.84 Å². The van der Waals surface area contributed by atoms with Crippen molar-refractivity contribution in [2.75, 3.05) is 19.8 Å². The number of hydrogen-bond acceptors (Lipinski definition) is 3. The van der Waals surface area contributed by atoms with Crippen LogP contribution in [-0.2, 0) is 4.74 Å². The highest BCUT2D eigenvalue weighted by atomic mass is 16.5. The molecule has 1 spiro atoms. The SMILES string of the molecule is CC1(C)CC2(CO1)CC(NCCO)C2. The van der Waals surface area contributed by atoms with Gasteiger partial charge in [0.05, 0.1) is 18.8 Å². The van der Waals surface area contributed by atoms with Gasteiger partial charge in [-0.25, -0.2) is 0 Å². The van der Waals surface area contributed by atoms with Crippen LogP contribution < -0.4 is 5.32 Å². The minimum absolute atomic E-state index is 0.0853. The normalized spacial score (nSPS) is 40.1. The van der Waals surface area contributed by atoms with Gasteiger partial charge in [0, 0.05) is 12.6 Å². The zero-order valence-corrected chi connectivity index (χ0v) is 9.18. The molecule has 0 amide bonds. The summed E-state index contributed by atoms with van der Waals surface area (Å²) in [6.07, 6.45) is 3.63. The maximum absolute atomic E-state index is 8.69. The number of aliphatic hydroxyl groups is 1. The molecule has 1 aliphatic heterocycles. The maximum atomic E-state index is 8.69. The molecule has 1 aliphatic carbocycles. The predicted molar refractivity (Wildman–Crippen MR) is 55.2 cm³/mol. The Kier molecular flexibility index (Phi) is 2.58. The highest BCUT2D eigenvalue weighted by molar-refractivity contribution is 5.04. The van der Waals surface area contributed by atoms with Gasteiger partial charge in [0.2, 0.25) is 0 Å². The average Bonchev–Trinajstić information content (AvgIpc) is 2.36. The minimum atomic E-state index is 0.0853. The van der Waals surface area contributed by atoms with Crippen LogP contribution in [0.1, 0.15) is 33.1 Å². The van der Waals surface area contributed by atoms with Gasteiger partial charge < -0.3 is 15.2 Å². The first kappa shape index (κ1) is 10.4. The summed E-state index contributed by atoms with van der Waals surface area (Å²) in [4.78, 5) is 0. The summed E-state index contributed by atoms with van der Waals surface area (Å²) >= 11 is 0. The fraction of sp³-hybridized carbons (Fsp3) is 1.00. The van der Waals surface area contributed by atoms with Crippen molar-refractivity contribution >= 4 is 0 Å². The molecule has 2 fully saturated rings. The third kappa shape index (κ3) is 1.95. The predicted octanol–water partition coefficient (Wildman–Crippen LogP) is 0.916. The van der Waals surface area contributed by atoms with Gasteiger partial charge in [-0.15, -0.1) is 0 Å². The summed E-state index contributed by atoms with van der Waals surface area (Å²) in [6, 6.07) is 0.611. The largest absolute Gasteiger partial charge is 0.395 e. The molecular weight excluding hydrogens is 178 g/mol. The van der Waals surface area contributed by atoms with Crippen molar-refractivity contribution in [3.8, 4) is 0 Å². The summed E-state index contributed by atoms with van der Waals surface area (Å²) in [5, 5.41) is 12.0. The number of ether oxygens (including phenoxy) is 1. The molecule has 0 aromatic heterocycles. The monoisotopic (exact) mass is 199 g/mol. The van der Waals surface area contributed by atoms with Gasteiger partial charge in [-0.2, -0.15) is 0 Å². The summed E-state index contributed by atoms with van der Waals surface area (Å²) in [5.41, 5.74) is 0.540. The quantitative estimate of drug-likeness (QED) is 0.710. The number of hydrogen-bond donors (Lipinski definition) is 2. The molecule has 0 bridgehead atoms. The van der Waals surface area contributed by atoms with E-state index in [1.54, 1.807) is 0 Å². The fourth-order valence-corrected chi connectivity index (χ4v) is 3.01. The van der Waals surface area contributed by atoms with Crippen LogP contribution in [0.25, 0.3) is 0 Å². The van der Waals surface area contributed by atoms with E-state index < -0.39 is 0 Å². The van der Waals surface area contributed by atoms with E-state index in [-0.39, 0.29) is 12.2 Å². The molecule has 1 heterocycles. The Morgan fingerprint density at radius 3 is 2.64 bits per heavy atom. The summed E-state index contributed by atoms with van der Waals surface area (Å²) in [7, 11) is 0. The molecule has 2 N–H and O–H groups in total. The first-order valence-electron chi connectivity index (χ1n) is 5.54. The van der Waals surface area contributed by atoms with Crippen LogP contribution >= 0.6 is 0 Å². The number of nitrogens with one attached hydrogen (secondary N) is 1. The van der Waals surface area contributed by atoms with Gasteiger partial charge >= 0.3 is 0 Å². The van der Waals surface area contributed by atoms with E-state index in [2.05, 4.69) is 19.2 Å². The average molecular weight is 199 g/mol. The lowest BCUT2D eigenvalue weighted by molar-refractivity contribution is 0.0175. The third-order valence-electron chi connectivity index (χ3n) is 3.47. The van der Waals surface area contributed by atoms with Crippen LogP contribution in [0.2, 0.25) is 0 Å². The van der Waals surface area contributed by atoms with Crippen molar-refractivity contribution in [2.24, 2.45) is 5.41 Å². The summed E-state index contributed by atoms with van der Waals surface area (Å²) in [5.74, 6) is 0. The van der Waals surface area contributed by atoms with E-state index in [1.807, 2.05) is 0 Å². The van der Waals surface area contributed by atoms with Gasteiger partial charge in [-0.05, 0) is 38.5 Å². The lowest BCUT2D eigenvalue weighted by atomic mass is 9.63. The lowest BCUT2D eigenvalue weighted by Crippen LogP contribution is -2.50. The Labute approximate surface area is 85.8 Å². The summed E-state index contributed by atoms with van der Waals surface area (Å²) in [6.45, 7) is 6.25. The highest BCUT2D eigenvalue weighted by Gasteiger charge is 2.51. The molecular formula is C11H21NO2. The minimum Gasteiger partial charge on any atom is -0.395 e. The Morgan fingerprint density at radius 1 is 1.43 bits per heavy atom. The highest BCUT2D eigenvalue weighted by Crippen LogP contribution is 2.52. The van der Waals surface area contributed by atoms with Crippen LogP contribution in [0.4, 0.5) is 0 Å². The molecule has 0 unspecified atom stereocenters. The van der Waals surface area contributed by atoms with E-state index >= 15 is 0 Å². The first-order chi connectivity index (χ1) is 6.55. The zero-order valence-electron chi connectivity index (χ0n) is 9.18. The van der Waals surface area contributed by atoms with E-state index in [0.717, 1.165) is 13.2 Å². The number of rotatable bonds is 3. The molecule has 82 valence electrons. The van der Waals surface area contributed by atoms with Gasteiger partial charge in [0.15, 0.2) is 0 Å². The van der Waals surface area contributed by atoms with Crippen molar-refractivity contribution in [3.05, 3.63) is 0 Å². The molecule has 0 aromatic rings. The molecule has 0 aromatic carbocycles. The second-order valence-electron chi connectivity index (χ2n) is 5.51. The zero-order chi connectivity index (χ0) is 10.2. The molecule has 2 aliphatic rings. The van der Waals surface area contributed by atoms with Crippen LogP contribution in [0.3, 0.4) is 0 Å². The van der Waals surface area contributed by atoms with Crippen LogP contribution in [0, 0.1) is 5.41 Å². The Hall–Kier alpha value is -0.120. The van der Waals surface area contributed by atoms with Crippen LogP contribution in [0.5, 0.6) is 0 Å². The Morgan fingerprint density at radius 2 is 2.14 bits per heavy atom. The molecule has 2 rings (SSSR count). The lowest BCUT2D eigenvalue weighted by Gasteiger charge is -2.45. The van der Waals surface area contributed by atoms with E-state index in [9.17, 15) is 0 Å². The van der Waals surface area contributed by atoms with Crippen molar-refractivity contribution in [1.82, 2.24) is 5.32 Å². The van der Waals surface area contributed by atoms with E-state index in [1.165, 1.54) is 19.3 Å². The van der Waals surface area contributed by atoms with Crippen molar-refractivity contribution in [1.29, 1.82) is 0 Å². The van der Waals surface area contributed by atoms with Gasteiger partial charge in [0.25, 0.3) is 0 Å². The van der Waals surface area contributed by atoms with Crippen molar-refractivity contribution in [3.63, 3.8) is 0 Å². The standard InChI is InChI=1S/C11H21NO2/c1-10(2)7-11(8-14-10)5-9(6-11)12-3-4-13/h9,12-13H,3-8H2,1-2H3. The van der Waals surface area contributed by atoms with Gasteiger partial charge in [-0.3, -0.25) is 0 Å². The van der Waals surface area contributed by atoms with E-state index in [4.69, 9.17) is 9.84 Å². The molecule has 3 nitrogen and oxygen atoms in total. The second-order valence-corrected chi connectivity index (χ2v) is 5.51. The smallest absolute Gasteiger partial charge is 0.0633 e. The fourth-order valence-electron chi connectivity index (χ4n) is 3.01. The third-order valence-corrected chi connectivity index (χ3v) is 3.47. The molecule has 0 atom stereocenters. The van der Waals surface area contributed by atoms with Crippen molar-refractivity contribution in [2.45, 2.75) is 44.8 Å². The second kappa shape index (κ2) is 3.47. The molecule has 0 radical (unpaired) electrons. The Balaban J connectivity index is 1.76. The Bertz CT molecular complexity index is 209. The molecule has 1 saturated carbocycles. The van der Waals surface area contributed by atoms with Gasteiger partial charge in [-0.1, -0.05) is 0 Å². The molecule has 1 saturated heterocycles. The van der Waals surface area contributed by atoms with E-state index in [0.29, 0.717) is 11.5 Å². The number of aliphatic hydroxyl groups excluding tert-OH is 1. The summed E-state index contributed by atoms with van der Waals surface area (Å²) < 4.78 is 5.77. The maximum Gasteiger partial charge on any atom is 0.0633 e. The van der Waals surface area contributed by atoms with Crippen LogP contribution in [0.15, 0.2) is 0 Å². The molecule has 3 heteroatoms. The molecule has 14 heavy (non-hydrogen) atoms. The first-order valence-corrected chi connectivity index (χ1v) is 5.54. The topological polar surface area (TPSA) is 41.5 Å².